The maximum Gasteiger partial charge on any atom is 0.228 e. The molecule has 4 atom stereocenters. The number of nitrogens with zero attached hydrogens (tertiary/aromatic N) is 1. The van der Waals surface area contributed by atoms with Crippen LogP contribution in [0.15, 0.2) is 0 Å². The van der Waals surface area contributed by atoms with Crippen molar-refractivity contribution in [1.29, 1.82) is 0 Å². The minimum atomic E-state index is 0.0216. The van der Waals surface area contributed by atoms with Crippen molar-refractivity contribution in [1.82, 2.24) is 4.90 Å². The summed E-state index contributed by atoms with van der Waals surface area (Å²) < 4.78 is 5.82. The van der Waals surface area contributed by atoms with Crippen LogP contribution >= 0.6 is 0 Å². The Morgan fingerprint density at radius 3 is 2.37 bits per heavy atom. The average Bonchev–Trinajstić information content (AvgIpc) is 2.55. The van der Waals surface area contributed by atoms with Gasteiger partial charge in [-0.3, -0.25) is 4.79 Å². The van der Waals surface area contributed by atoms with Crippen LogP contribution in [0.1, 0.15) is 46.5 Å². The lowest BCUT2D eigenvalue weighted by Crippen LogP contribution is -2.49. The molecule has 1 amide bonds. The predicted molar refractivity (Wildman–Crippen MR) is 75.7 cm³/mol. The molecule has 0 bridgehead atoms. The molecule has 0 aromatic rings. The Kier molecular flexibility index (Phi) is 4.85. The van der Waals surface area contributed by atoms with Crippen molar-refractivity contribution in [3.05, 3.63) is 0 Å². The molecule has 2 aliphatic rings. The highest BCUT2D eigenvalue weighted by molar-refractivity contribution is 5.80. The average molecular weight is 268 g/mol. The van der Waals surface area contributed by atoms with E-state index < -0.39 is 0 Å². The molecule has 1 saturated heterocycles. The minimum Gasteiger partial charge on any atom is -0.374 e. The normalized spacial score (nSPS) is 35.2. The smallest absolute Gasteiger partial charge is 0.228 e. The Morgan fingerprint density at radius 1 is 1.26 bits per heavy atom. The Morgan fingerprint density at radius 2 is 1.95 bits per heavy atom. The first-order valence-electron chi connectivity index (χ1n) is 7.72. The summed E-state index contributed by atoms with van der Waals surface area (Å²) in [6, 6.07) is 0.453. The van der Waals surface area contributed by atoms with Gasteiger partial charge in [0, 0.05) is 12.6 Å². The molecule has 0 aromatic heterocycles. The molecular formula is C15H28N2O2. The van der Waals surface area contributed by atoms with E-state index in [1.54, 1.807) is 0 Å². The van der Waals surface area contributed by atoms with E-state index in [2.05, 4.69) is 18.7 Å². The van der Waals surface area contributed by atoms with E-state index in [1.807, 2.05) is 6.92 Å². The lowest BCUT2D eigenvalue weighted by atomic mass is 9.85. The van der Waals surface area contributed by atoms with Crippen LogP contribution in [0.5, 0.6) is 0 Å². The van der Waals surface area contributed by atoms with E-state index in [0.717, 1.165) is 25.8 Å². The van der Waals surface area contributed by atoms with E-state index in [-0.39, 0.29) is 18.1 Å². The Balaban J connectivity index is 2.05. The summed E-state index contributed by atoms with van der Waals surface area (Å²) in [4.78, 5) is 14.9. The first kappa shape index (κ1) is 14.8. The SMILES string of the molecule is CC1OC(C)C(C(=O)N(CCCN)C2CCC2)C1C. The molecule has 0 spiro atoms. The fourth-order valence-electron chi connectivity index (χ4n) is 3.32. The maximum atomic E-state index is 12.9. The van der Waals surface area contributed by atoms with Crippen LogP contribution in [0.2, 0.25) is 0 Å². The lowest BCUT2D eigenvalue weighted by molar-refractivity contribution is -0.142. The van der Waals surface area contributed by atoms with Gasteiger partial charge in [0.15, 0.2) is 0 Å². The summed E-state index contributed by atoms with van der Waals surface area (Å²) in [7, 11) is 0. The van der Waals surface area contributed by atoms with Gasteiger partial charge in [-0.15, -0.1) is 0 Å². The van der Waals surface area contributed by atoms with Crippen LogP contribution in [0.25, 0.3) is 0 Å². The molecule has 1 aliphatic carbocycles. The molecule has 1 heterocycles. The highest BCUT2D eigenvalue weighted by Crippen LogP contribution is 2.35. The number of nitrogens with two attached hydrogens (primary N) is 1. The standard InChI is InChI=1S/C15H28N2O2/c1-10-11(2)19-12(3)14(10)15(18)17(9-5-8-16)13-6-4-7-13/h10-14H,4-9,16H2,1-3H3. The largest absolute Gasteiger partial charge is 0.374 e. The fraction of sp³-hybridized carbons (Fsp3) is 0.933. The highest BCUT2D eigenvalue weighted by atomic mass is 16.5. The van der Waals surface area contributed by atoms with Gasteiger partial charge in [-0.05, 0) is 52.0 Å². The molecule has 1 aliphatic heterocycles. The minimum absolute atomic E-state index is 0.0216. The van der Waals surface area contributed by atoms with Gasteiger partial charge in [-0.2, -0.15) is 0 Å². The van der Waals surface area contributed by atoms with Crippen LogP contribution in [0.3, 0.4) is 0 Å². The molecular weight excluding hydrogens is 240 g/mol. The van der Waals surface area contributed by atoms with Crippen LogP contribution in [0.4, 0.5) is 0 Å². The van der Waals surface area contributed by atoms with Crippen molar-refractivity contribution in [3.8, 4) is 0 Å². The predicted octanol–water partition coefficient (Wildman–Crippen LogP) is 1.78. The molecule has 2 rings (SSSR count). The molecule has 0 radical (unpaired) electrons. The summed E-state index contributed by atoms with van der Waals surface area (Å²) in [5, 5.41) is 0. The van der Waals surface area contributed by atoms with Gasteiger partial charge in [0.25, 0.3) is 0 Å². The second kappa shape index (κ2) is 6.23. The van der Waals surface area contributed by atoms with E-state index in [4.69, 9.17) is 10.5 Å². The van der Waals surface area contributed by atoms with Gasteiger partial charge in [0.2, 0.25) is 5.91 Å². The summed E-state index contributed by atoms with van der Waals surface area (Å²) in [5.41, 5.74) is 5.60. The number of rotatable bonds is 5. The Hall–Kier alpha value is -0.610. The van der Waals surface area contributed by atoms with Gasteiger partial charge in [-0.1, -0.05) is 6.92 Å². The van der Waals surface area contributed by atoms with E-state index in [9.17, 15) is 4.79 Å². The van der Waals surface area contributed by atoms with E-state index >= 15 is 0 Å². The van der Waals surface area contributed by atoms with Gasteiger partial charge < -0.3 is 15.4 Å². The summed E-state index contributed by atoms with van der Waals surface area (Å²) in [5.74, 6) is 0.624. The molecule has 1 saturated carbocycles. The number of carbonyl (C=O) groups is 1. The van der Waals surface area contributed by atoms with Crippen LogP contribution in [-0.2, 0) is 9.53 Å². The van der Waals surface area contributed by atoms with Gasteiger partial charge >= 0.3 is 0 Å². The van der Waals surface area contributed by atoms with Crippen molar-refractivity contribution >= 4 is 5.91 Å². The zero-order chi connectivity index (χ0) is 14.0. The molecule has 4 heteroatoms. The number of hydrogen-bond acceptors (Lipinski definition) is 3. The number of carbonyl (C=O) groups excluding carboxylic acids is 1. The van der Waals surface area contributed by atoms with Crippen LogP contribution in [-0.4, -0.2) is 42.1 Å². The van der Waals surface area contributed by atoms with Gasteiger partial charge in [-0.25, -0.2) is 0 Å². The molecule has 19 heavy (non-hydrogen) atoms. The third kappa shape index (κ3) is 2.95. The maximum absolute atomic E-state index is 12.9. The van der Waals surface area contributed by atoms with E-state index in [1.165, 1.54) is 6.42 Å². The third-order valence-corrected chi connectivity index (χ3v) is 4.93. The first-order valence-corrected chi connectivity index (χ1v) is 7.72. The van der Waals surface area contributed by atoms with E-state index in [0.29, 0.717) is 24.4 Å². The second-order valence-electron chi connectivity index (χ2n) is 6.19. The fourth-order valence-corrected chi connectivity index (χ4v) is 3.32. The zero-order valence-electron chi connectivity index (χ0n) is 12.5. The molecule has 4 unspecified atom stereocenters. The zero-order valence-corrected chi connectivity index (χ0v) is 12.5. The third-order valence-electron chi connectivity index (χ3n) is 4.93. The first-order chi connectivity index (χ1) is 9.06. The van der Waals surface area contributed by atoms with Gasteiger partial charge in [0.05, 0.1) is 18.1 Å². The van der Waals surface area contributed by atoms with Crippen LogP contribution in [0, 0.1) is 11.8 Å². The lowest BCUT2D eigenvalue weighted by Gasteiger charge is -2.40. The van der Waals surface area contributed by atoms with Crippen LogP contribution < -0.4 is 5.73 Å². The number of ether oxygens (including phenoxy) is 1. The molecule has 2 N–H and O–H groups in total. The van der Waals surface area contributed by atoms with Crippen molar-refractivity contribution in [2.24, 2.45) is 17.6 Å². The number of amides is 1. The summed E-state index contributed by atoms with van der Waals surface area (Å²) in [6.07, 6.45) is 4.68. The number of hydrogen-bond donors (Lipinski definition) is 1. The van der Waals surface area contributed by atoms with Crippen molar-refractivity contribution in [2.75, 3.05) is 13.1 Å². The Bertz CT molecular complexity index is 317. The highest BCUT2D eigenvalue weighted by Gasteiger charge is 2.44. The molecule has 0 aromatic carbocycles. The second-order valence-corrected chi connectivity index (χ2v) is 6.19. The molecule has 4 nitrogen and oxygen atoms in total. The molecule has 2 fully saturated rings. The monoisotopic (exact) mass is 268 g/mol. The Labute approximate surface area is 116 Å². The van der Waals surface area contributed by atoms with Crippen molar-refractivity contribution in [3.63, 3.8) is 0 Å². The quantitative estimate of drug-likeness (QED) is 0.827. The van der Waals surface area contributed by atoms with Crippen molar-refractivity contribution in [2.45, 2.75) is 64.7 Å². The topological polar surface area (TPSA) is 55.6 Å². The summed E-state index contributed by atoms with van der Waals surface area (Å²) in [6.45, 7) is 7.70. The van der Waals surface area contributed by atoms with Crippen molar-refractivity contribution < 1.29 is 9.53 Å². The summed E-state index contributed by atoms with van der Waals surface area (Å²) >= 11 is 0. The van der Waals surface area contributed by atoms with Gasteiger partial charge in [0.1, 0.15) is 0 Å². The molecule has 110 valence electrons.